The molecule has 1 aliphatic heterocycles. The van der Waals surface area contributed by atoms with Crippen LogP contribution in [-0.2, 0) is 11.6 Å². The molecule has 2 fully saturated rings. The number of anilines is 1. The van der Waals surface area contributed by atoms with E-state index in [1.165, 1.54) is 13.2 Å². The van der Waals surface area contributed by atoms with Gasteiger partial charge in [0.1, 0.15) is 5.82 Å². The standard InChI is InChI=1S/C25H27F6N3O3/c1-34-8-7-24(14-3-4-19(37-22(27)28)20(11-14)36-2)6-5-17(13-21(24)34)32-23(35)33-18-10-15(25(29,30)31)9-16(26)12-18/h3-4,9-12,17,21-22H,5-8,13H2,1-2H3,(H2,32,33,35)/t17-,21+,24+/m1/s1. The van der Waals surface area contributed by atoms with Crippen molar-refractivity contribution in [2.75, 3.05) is 26.0 Å². The van der Waals surface area contributed by atoms with Gasteiger partial charge in [-0.2, -0.15) is 22.0 Å². The number of halogens is 6. The minimum atomic E-state index is -4.75. The van der Waals surface area contributed by atoms with Crippen molar-refractivity contribution in [3.63, 3.8) is 0 Å². The van der Waals surface area contributed by atoms with Crippen LogP contribution in [0.25, 0.3) is 0 Å². The van der Waals surface area contributed by atoms with Crippen LogP contribution >= 0.6 is 0 Å². The topological polar surface area (TPSA) is 62.8 Å². The fraction of sp³-hybridized carbons (Fsp3) is 0.480. The summed E-state index contributed by atoms with van der Waals surface area (Å²) in [5, 5.41) is 5.09. The molecule has 2 aliphatic rings. The first-order chi connectivity index (χ1) is 17.4. The number of urea groups is 1. The van der Waals surface area contributed by atoms with Crippen LogP contribution in [0.4, 0.5) is 36.8 Å². The lowest BCUT2D eigenvalue weighted by Crippen LogP contribution is -2.52. The SMILES string of the molecule is COc1cc([C@@]23CC[C@@H](NC(=O)Nc4cc(F)cc(C(F)(F)F)c4)C[C@@H]2N(C)CC3)ccc1OC(F)F. The second kappa shape index (κ2) is 10.3. The first kappa shape index (κ1) is 26.9. The number of hydrogen-bond donors (Lipinski definition) is 2. The number of amides is 2. The lowest BCUT2D eigenvalue weighted by Gasteiger charge is -2.45. The van der Waals surface area contributed by atoms with Gasteiger partial charge in [-0.15, -0.1) is 0 Å². The quantitative estimate of drug-likeness (QED) is 0.465. The maximum Gasteiger partial charge on any atom is 0.416 e. The first-order valence-corrected chi connectivity index (χ1v) is 11.7. The van der Waals surface area contributed by atoms with Crippen LogP contribution in [0.15, 0.2) is 36.4 Å². The molecule has 2 N–H and O–H groups in total. The highest BCUT2D eigenvalue weighted by Gasteiger charge is 2.50. The highest BCUT2D eigenvalue weighted by atomic mass is 19.4. The Kier molecular flexibility index (Phi) is 7.50. The molecule has 0 radical (unpaired) electrons. The van der Waals surface area contributed by atoms with Gasteiger partial charge in [0.2, 0.25) is 0 Å². The summed E-state index contributed by atoms with van der Waals surface area (Å²) < 4.78 is 87.9. The van der Waals surface area contributed by atoms with E-state index in [2.05, 4.69) is 20.3 Å². The summed E-state index contributed by atoms with van der Waals surface area (Å²) in [6.07, 6.45) is -2.13. The van der Waals surface area contributed by atoms with Gasteiger partial charge < -0.3 is 25.0 Å². The summed E-state index contributed by atoms with van der Waals surface area (Å²) in [6, 6.07) is 5.79. The van der Waals surface area contributed by atoms with Crippen molar-refractivity contribution in [3.05, 3.63) is 53.3 Å². The number of hydrogen-bond acceptors (Lipinski definition) is 4. The lowest BCUT2D eigenvalue weighted by atomic mass is 9.65. The fourth-order valence-electron chi connectivity index (χ4n) is 5.60. The third-order valence-electron chi connectivity index (χ3n) is 7.30. The molecule has 2 aromatic rings. The van der Waals surface area contributed by atoms with Gasteiger partial charge in [0, 0.05) is 23.2 Å². The Bertz CT molecular complexity index is 1150. The highest BCUT2D eigenvalue weighted by molar-refractivity contribution is 5.89. The van der Waals surface area contributed by atoms with E-state index >= 15 is 0 Å². The van der Waals surface area contributed by atoms with Gasteiger partial charge in [-0.25, -0.2) is 9.18 Å². The molecule has 1 heterocycles. The van der Waals surface area contributed by atoms with Crippen molar-refractivity contribution >= 4 is 11.7 Å². The summed E-state index contributed by atoms with van der Waals surface area (Å²) in [4.78, 5) is 14.7. The smallest absolute Gasteiger partial charge is 0.416 e. The van der Waals surface area contributed by atoms with E-state index in [1.807, 2.05) is 7.05 Å². The zero-order valence-corrected chi connectivity index (χ0v) is 20.2. The van der Waals surface area contributed by atoms with Gasteiger partial charge in [0.15, 0.2) is 11.5 Å². The fourth-order valence-corrected chi connectivity index (χ4v) is 5.60. The predicted molar refractivity (Wildman–Crippen MR) is 124 cm³/mol. The second-order valence-corrected chi connectivity index (χ2v) is 9.44. The number of carbonyl (C=O) groups is 1. The predicted octanol–water partition coefficient (Wildman–Crippen LogP) is 5.77. The normalized spacial score (nSPS) is 24.0. The monoisotopic (exact) mass is 531 g/mol. The summed E-state index contributed by atoms with van der Waals surface area (Å²) >= 11 is 0. The maximum absolute atomic E-state index is 13.7. The molecule has 1 aliphatic carbocycles. The number of rotatable bonds is 6. The third-order valence-corrected chi connectivity index (χ3v) is 7.30. The second-order valence-electron chi connectivity index (χ2n) is 9.44. The van der Waals surface area contributed by atoms with Crippen LogP contribution < -0.4 is 20.1 Å². The number of likely N-dealkylation sites (N-methyl/N-ethyl adjacent to an activating group) is 1. The Balaban J connectivity index is 1.47. The maximum atomic E-state index is 13.7. The number of ether oxygens (including phenoxy) is 2. The molecule has 12 heteroatoms. The molecule has 0 unspecified atom stereocenters. The molecule has 37 heavy (non-hydrogen) atoms. The van der Waals surface area contributed by atoms with E-state index in [-0.39, 0.29) is 34.7 Å². The highest BCUT2D eigenvalue weighted by Crippen LogP contribution is 2.50. The minimum absolute atomic E-state index is 0.00382. The van der Waals surface area contributed by atoms with Crippen molar-refractivity contribution in [3.8, 4) is 11.5 Å². The van der Waals surface area contributed by atoms with Crippen LogP contribution in [0.2, 0.25) is 0 Å². The molecular formula is C25H27F6N3O3. The molecule has 202 valence electrons. The van der Waals surface area contributed by atoms with E-state index in [9.17, 15) is 31.1 Å². The number of methoxy groups -OCH3 is 1. The Morgan fingerprint density at radius 2 is 1.89 bits per heavy atom. The molecule has 6 nitrogen and oxygen atoms in total. The average Bonchev–Trinajstić information content (AvgIpc) is 3.15. The number of fused-ring (bicyclic) bond motifs is 1. The van der Waals surface area contributed by atoms with Crippen LogP contribution in [0.1, 0.15) is 36.8 Å². The molecule has 1 saturated carbocycles. The molecule has 0 aromatic heterocycles. The molecular weight excluding hydrogens is 504 g/mol. The third kappa shape index (κ3) is 5.73. The molecule has 1 saturated heterocycles. The molecule has 0 spiro atoms. The van der Waals surface area contributed by atoms with Crippen LogP contribution in [0.5, 0.6) is 11.5 Å². The van der Waals surface area contributed by atoms with Crippen LogP contribution in [0.3, 0.4) is 0 Å². The number of nitrogens with one attached hydrogen (secondary N) is 2. The molecule has 4 rings (SSSR count). The largest absolute Gasteiger partial charge is 0.493 e. The van der Waals surface area contributed by atoms with E-state index in [1.54, 1.807) is 12.1 Å². The summed E-state index contributed by atoms with van der Waals surface area (Å²) in [5.41, 5.74) is -0.878. The Hall–Kier alpha value is -3.15. The van der Waals surface area contributed by atoms with E-state index in [0.29, 0.717) is 31.4 Å². The van der Waals surface area contributed by atoms with Crippen molar-refractivity contribution < 1.29 is 40.6 Å². The lowest BCUT2D eigenvalue weighted by molar-refractivity contribution is -0.137. The van der Waals surface area contributed by atoms with E-state index in [4.69, 9.17) is 4.74 Å². The van der Waals surface area contributed by atoms with Crippen LogP contribution in [0, 0.1) is 5.82 Å². The number of carbonyl (C=O) groups excluding carboxylic acids is 1. The van der Waals surface area contributed by atoms with Gasteiger partial charge in [-0.1, -0.05) is 6.07 Å². The molecule has 2 amide bonds. The molecule has 3 atom stereocenters. The summed E-state index contributed by atoms with van der Waals surface area (Å²) in [5.74, 6) is -0.965. The molecule has 0 bridgehead atoms. The zero-order valence-electron chi connectivity index (χ0n) is 20.2. The van der Waals surface area contributed by atoms with Gasteiger partial charge in [-0.3, -0.25) is 0 Å². The summed E-state index contributed by atoms with van der Waals surface area (Å²) in [7, 11) is 3.34. The van der Waals surface area contributed by atoms with Crippen molar-refractivity contribution in [2.45, 2.75) is 56.0 Å². The number of alkyl halides is 5. The number of likely N-dealkylation sites (tertiary alicyclic amines) is 1. The minimum Gasteiger partial charge on any atom is -0.493 e. The molecule has 2 aromatic carbocycles. The number of nitrogens with zero attached hydrogens (tertiary/aromatic N) is 1. The zero-order chi connectivity index (χ0) is 27.0. The first-order valence-electron chi connectivity index (χ1n) is 11.7. The van der Waals surface area contributed by atoms with Crippen molar-refractivity contribution in [1.82, 2.24) is 10.2 Å². The van der Waals surface area contributed by atoms with Gasteiger partial charge in [-0.05, 0) is 75.2 Å². The van der Waals surface area contributed by atoms with Crippen molar-refractivity contribution in [2.24, 2.45) is 0 Å². The van der Waals surface area contributed by atoms with Gasteiger partial charge >= 0.3 is 18.8 Å². The van der Waals surface area contributed by atoms with E-state index < -0.39 is 30.2 Å². The Morgan fingerprint density at radius 3 is 2.57 bits per heavy atom. The van der Waals surface area contributed by atoms with Gasteiger partial charge in [0.05, 0.1) is 12.7 Å². The Morgan fingerprint density at radius 1 is 1.14 bits per heavy atom. The van der Waals surface area contributed by atoms with Gasteiger partial charge in [0.25, 0.3) is 0 Å². The average molecular weight is 531 g/mol. The summed E-state index contributed by atoms with van der Waals surface area (Å²) in [6.45, 7) is -2.20. The van der Waals surface area contributed by atoms with Crippen molar-refractivity contribution in [1.29, 1.82) is 0 Å². The number of benzene rings is 2. The van der Waals surface area contributed by atoms with Crippen LogP contribution in [-0.4, -0.2) is 50.3 Å². The van der Waals surface area contributed by atoms with E-state index in [0.717, 1.165) is 24.6 Å². The Labute approximate surface area is 209 Å².